The van der Waals surface area contributed by atoms with Crippen molar-refractivity contribution in [1.82, 2.24) is 0 Å². The number of nitrogens with zero attached hydrogens (tertiary/aromatic N) is 1. The fourth-order valence-electron chi connectivity index (χ4n) is 1.83. The molecule has 0 heterocycles. The van der Waals surface area contributed by atoms with E-state index in [0.717, 1.165) is 5.56 Å². The minimum absolute atomic E-state index is 0.121. The zero-order valence-electron chi connectivity index (χ0n) is 11.4. The van der Waals surface area contributed by atoms with E-state index < -0.39 is 10.0 Å². The molecule has 5 nitrogen and oxygen atoms in total. The standard InChI is InChI=1S/C15H14N2O3S/c1-11-2-7-15(18)14(8-11)17-21(19,20)10-13-5-3-12(9-16)4-6-13/h2-8,17-18H,10H2,1H3. The Morgan fingerprint density at radius 3 is 2.48 bits per heavy atom. The normalized spacial score (nSPS) is 10.9. The number of hydrogen-bond acceptors (Lipinski definition) is 4. The van der Waals surface area contributed by atoms with Gasteiger partial charge < -0.3 is 5.11 Å². The number of sulfonamides is 1. The Morgan fingerprint density at radius 1 is 1.19 bits per heavy atom. The molecule has 2 rings (SSSR count). The lowest BCUT2D eigenvalue weighted by Gasteiger charge is -2.10. The van der Waals surface area contributed by atoms with Gasteiger partial charge in [-0.3, -0.25) is 4.72 Å². The Hall–Kier alpha value is -2.52. The van der Waals surface area contributed by atoms with Gasteiger partial charge in [-0.15, -0.1) is 0 Å². The second kappa shape index (κ2) is 5.85. The molecule has 0 aliphatic carbocycles. The second-order valence-electron chi connectivity index (χ2n) is 4.69. The first-order valence-electron chi connectivity index (χ1n) is 6.19. The molecule has 0 fully saturated rings. The van der Waals surface area contributed by atoms with Crippen LogP contribution in [0.15, 0.2) is 42.5 Å². The summed E-state index contributed by atoms with van der Waals surface area (Å²) in [6, 6.07) is 13.0. The molecule has 21 heavy (non-hydrogen) atoms. The summed E-state index contributed by atoms with van der Waals surface area (Å²) in [7, 11) is -3.64. The van der Waals surface area contributed by atoms with Gasteiger partial charge in [0, 0.05) is 0 Å². The van der Waals surface area contributed by atoms with Crippen LogP contribution in [0.3, 0.4) is 0 Å². The Labute approximate surface area is 123 Å². The van der Waals surface area contributed by atoms with E-state index in [4.69, 9.17) is 5.26 Å². The van der Waals surface area contributed by atoms with Crippen LogP contribution in [0.25, 0.3) is 0 Å². The summed E-state index contributed by atoms with van der Waals surface area (Å²) < 4.78 is 26.6. The van der Waals surface area contributed by atoms with Crippen LogP contribution in [0.1, 0.15) is 16.7 Å². The lowest BCUT2D eigenvalue weighted by atomic mass is 10.2. The van der Waals surface area contributed by atoms with Gasteiger partial charge in [-0.1, -0.05) is 18.2 Å². The van der Waals surface area contributed by atoms with E-state index in [1.165, 1.54) is 6.07 Å². The minimum atomic E-state index is -3.64. The number of nitrogens with one attached hydrogen (secondary N) is 1. The highest BCUT2D eigenvalue weighted by atomic mass is 32.2. The maximum Gasteiger partial charge on any atom is 0.237 e. The van der Waals surface area contributed by atoms with Crippen LogP contribution in [-0.2, 0) is 15.8 Å². The van der Waals surface area contributed by atoms with Crippen molar-refractivity contribution in [3.05, 3.63) is 59.2 Å². The molecule has 0 spiro atoms. The van der Waals surface area contributed by atoms with Gasteiger partial charge >= 0.3 is 0 Å². The van der Waals surface area contributed by atoms with E-state index in [0.29, 0.717) is 11.1 Å². The summed E-state index contributed by atoms with van der Waals surface area (Å²) in [5.41, 5.74) is 2.03. The number of phenolic OH excluding ortho intramolecular Hbond substituents is 1. The molecule has 0 aliphatic rings. The number of rotatable bonds is 4. The number of hydrogen-bond donors (Lipinski definition) is 2. The summed E-state index contributed by atoms with van der Waals surface area (Å²) in [5, 5.41) is 18.4. The number of benzene rings is 2. The number of aromatic hydroxyl groups is 1. The average Bonchev–Trinajstić information content (AvgIpc) is 2.43. The summed E-state index contributed by atoms with van der Waals surface area (Å²) in [5.74, 6) is -0.351. The second-order valence-corrected chi connectivity index (χ2v) is 6.41. The first-order chi connectivity index (χ1) is 9.89. The van der Waals surface area contributed by atoms with Gasteiger partial charge in [0.1, 0.15) is 5.75 Å². The predicted octanol–water partition coefficient (Wildman–Crippen LogP) is 2.51. The fourth-order valence-corrected chi connectivity index (χ4v) is 3.03. The monoisotopic (exact) mass is 302 g/mol. The van der Waals surface area contributed by atoms with E-state index in [-0.39, 0.29) is 17.2 Å². The van der Waals surface area contributed by atoms with Gasteiger partial charge in [-0.05, 0) is 42.3 Å². The topological polar surface area (TPSA) is 90.2 Å². The summed E-state index contributed by atoms with van der Waals surface area (Å²) in [4.78, 5) is 0. The quantitative estimate of drug-likeness (QED) is 0.849. The molecule has 0 saturated heterocycles. The molecule has 0 radical (unpaired) electrons. The highest BCUT2D eigenvalue weighted by Crippen LogP contribution is 2.25. The van der Waals surface area contributed by atoms with Crippen LogP contribution in [0.5, 0.6) is 5.75 Å². The lowest BCUT2D eigenvalue weighted by molar-refractivity contribution is 0.477. The Morgan fingerprint density at radius 2 is 1.86 bits per heavy atom. The van der Waals surface area contributed by atoms with Crippen LogP contribution in [0, 0.1) is 18.3 Å². The van der Waals surface area contributed by atoms with E-state index >= 15 is 0 Å². The van der Waals surface area contributed by atoms with Crippen LogP contribution in [-0.4, -0.2) is 13.5 Å². The van der Waals surface area contributed by atoms with Crippen molar-refractivity contribution in [2.24, 2.45) is 0 Å². The highest BCUT2D eigenvalue weighted by molar-refractivity contribution is 7.91. The molecule has 0 saturated carbocycles. The number of anilines is 1. The Bertz CT molecular complexity index is 791. The van der Waals surface area contributed by atoms with Crippen molar-refractivity contribution in [1.29, 1.82) is 5.26 Å². The Kier molecular flexibility index (Phi) is 4.15. The molecule has 108 valence electrons. The van der Waals surface area contributed by atoms with Gasteiger partial charge in [0.25, 0.3) is 0 Å². The molecule has 0 atom stereocenters. The third kappa shape index (κ3) is 3.97. The molecule has 0 aliphatic heterocycles. The van der Waals surface area contributed by atoms with E-state index in [9.17, 15) is 13.5 Å². The SMILES string of the molecule is Cc1ccc(O)c(NS(=O)(=O)Cc2ccc(C#N)cc2)c1. The van der Waals surface area contributed by atoms with Crippen molar-refractivity contribution in [3.8, 4) is 11.8 Å². The maximum absolute atomic E-state index is 12.1. The third-order valence-electron chi connectivity index (χ3n) is 2.86. The van der Waals surface area contributed by atoms with Gasteiger partial charge in [0.05, 0.1) is 23.1 Å². The van der Waals surface area contributed by atoms with E-state index in [2.05, 4.69) is 4.72 Å². The number of aryl methyl sites for hydroxylation is 1. The largest absolute Gasteiger partial charge is 0.506 e. The fraction of sp³-hybridized carbons (Fsp3) is 0.133. The highest BCUT2D eigenvalue weighted by Gasteiger charge is 2.14. The van der Waals surface area contributed by atoms with Gasteiger partial charge in [0.2, 0.25) is 10.0 Å². The van der Waals surface area contributed by atoms with Gasteiger partial charge in [-0.2, -0.15) is 5.26 Å². The zero-order chi connectivity index (χ0) is 15.5. The molecule has 0 unspecified atom stereocenters. The molecular formula is C15H14N2O3S. The van der Waals surface area contributed by atoms with Crippen LogP contribution < -0.4 is 4.72 Å². The zero-order valence-corrected chi connectivity index (χ0v) is 12.2. The molecule has 2 aromatic rings. The van der Waals surface area contributed by atoms with Gasteiger partial charge in [0.15, 0.2) is 0 Å². The number of phenols is 1. The van der Waals surface area contributed by atoms with Crippen molar-refractivity contribution >= 4 is 15.7 Å². The van der Waals surface area contributed by atoms with Crippen molar-refractivity contribution < 1.29 is 13.5 Å². The van der Waals surface area contributed by atoms with E-state index in [1.807, 2.05) is 6.07 Å². The van der Waals surface area contributed by atoms with Crippen LogP contribution in [0.4, 0.5) is 5.69 Å². The average molecular weight is 302 g/mol. The van der Waals surface area contributed by atoms with Crippen molar-refractivity contribution in [2.75, 3.05) is 4.72 Å². The number of nitriles is 1. The predicted molar refractivity (Wildman–Crippen MR) is 80.2 cm³/mol. The van der Waals surface area contributed by atoms with Gasteiger partial charge in [-0.25, -0.2) is 8.42 Å². The van der Waals surface area contributed by atoms with Crippen LogP contribution in [0.2, 0.25) is 0 Å². The molecule has 0 bridgehead atoms. The molecule has 2 N–H and O–H groups in total. The van der Waals surface area contributed by atoms with Crippen LogP contribution >= 0.6 is 0 Å². The van der Waals surface area contributed by atoms with Crippen molar-refractivity contribution in [3.63, 3.8) is 0 Å². The molecule has 0 amide bonds. The maximum atomic E-state index is 12.1. The minimum Gasteiger partial charge on any atom is -0.506 e. The summed E-state index contributed by atoms with van der Waals surface area (Å²) in [6.07, 6.45) is 0. The molecular weight excluding hydrogens is 288 g/mol. The van der Waals surface area contributed by atoms with E-state index in [1.54, 1.807) is 43.3 Å². The Balaban J connectivity index is 2.18. The molecule has 0 aromatic heterocycles. The molecule has 6 heteroatoms. The van der Waals surface area contributed by atoms with Crippen molar-refractivity contribution in [2.45, 2.75) is 12.7 Å². The third-order valence-corrected chi connectivity index (χ3v) is 4.10. The molecule has 2 aromatic carbocycles. The summed E-state index contributed by atoms with van der Waals surface area (Å²) >= 11 is 0. The lowest BCUT2D eigenvalue weighted by Crippen LogP contribution is -2.15. The summed E-state index contributed by atoms with van der Waals surface area (Å²) in [6.45, 7) is 1.80. The first kappa shape index (κ1) is 14.9. The first-order valence-corrected chi connectivity index (χ1v) is 7.84. The smallest absolute Gasteiger partial charge is 0.237 e.